The lowest BCUT2D eigenvalue weighted by atomic mass is 10.3. The van der Waals surface area contributed by atoms with E-state index in [1.54, 1.807) is 0 Å². The minimum atomic E-state index is -0.714. The Labute approximate surface area is 141 Å². The molecule has 1 saturated heterocycles. The molecule has 7 nitrogen and oxygen atoms in total. The predicted molar refractivity (Wildman–Crippen MR) is 89.7 cm³/mol. The molecule has 1 amide bonds. The molecule has 2 heterocycles. The van der Waals surface area contributed by atoms with E-state index in [2.05, 4.69) is 21.3 Å². The fourth-order valence-corrected chi connectivity index (χ4v) is 3.07. The van der Waals surface area contributed by atoms with Crippen LogP contribution in [0.15, 0.2) is 10.9 Å². The van der Waals surface area contributed by atoms with Crippen molar-refractivity contribution >= 4 is 11.7 Å². The number of aryl methyl sites for hydroxylation is 1. The molecule has 0 atom stereocenters. The number of nitrogens with zero attached hydrogens (tertiary/aromatic N) is 4. The molecule has 1 N–H and O–H groups in total. The number of hydrogen-bond donors (Lipinski definition) is 1. The van der Waals surface area contributed by atoms with E-state index in [1.807, 2.05) is 6.92 Å². The van der Waals surface area contributed by atoms with Crippen molar-refractivity contribution in [2.45, 2.75) is 57.5 Å². The predicted octanol–water partition coefficient (Wildman–Crippen LogP) is 0.968. The van der Waals surface area contributed by atoms with E-state index in [0.29, 0.717) is 30.9 Å². The number of nitrogens with one attached hydrogen (secondary N) is 1. The number of anilines is 1. The van der Waals surface area contributed by atoms with Crippen LogP contribution in [0.5, 0.6) is 0 Å². The highest BCUT2D eigenvalue weighted by Crippen LogP contribution is 2.34. The van der Waals surface area contributed by atoms with Crippen LogP contribution >= 0.6 is 0 Å². The van der Waals surface area contributed by atoms with Crippen LogP contribution in [0.3, 0.4) is 0 Å². The van der Waals surface area contributed by atoms with Gasteiger partial charge < -0.3 is 10.2 Å². The standard InChI is InChI=1S/C17H23N5O2/c1-2-5-13-19-14(21-8-3-4-9-21)10-16(24)22(13)11-15(23)20-17(12-18)6-7-17/h10H,2-9,11H2,1H3,(H,20,23). The number of amides is 1. The van der Waals surface area contributed by atoms with E-state index in [-0.39, 0.29) is 18.0 Å². The molecule has 2 aliphatic rings. The molecule has 0 spiro atoms. The summed E-state index contributed by atoms with van der Waals surface area (Å²) in [7, 11) is 0. The lowest BCUT2D eigenvalue weighted by molar-refractivity contribution is -0.122. The lowest BCUT2D eigenvalue weighted by Gasteiger charge is -2.19. The van der Waals surface area contributed by atoms with Crippen molar-refractivity contribution < 1.29 is 4.79 Å². The van der Waals surface area contributed by atoms with Gasteiger partial charge in [0.15, 0.2) is 0 Å². The Kier molecular flexibility index (Phi) is 4.56. The van der Waals surface area contributed by atoms with Crippen molar-refractivity contribution in [3.05, 3.63) is 22.2 Å². The number of rotatable bonds is 6. The Bertz CT molecular complexity index is 723. The van der Waals surface area contributed by atoms with Crippen molar-refractivity contribution in [3.63, 3.8) is 0 Å². The topological polar surface area (TPSA) is 91.0 Å². The van der Waals surface area contributed by atoms with Crippen molar-refractivity contribution in [3.8, 4) is 6.07 Å². The molecule has 1 aromatic rings. The third-order valence-electron chi connectivity index (χ3n) is 4.62. The van der Waals surface area contributed by atoms with Gasteiger partial charge in [0, 0.05) is 25.6 Å². The number of carbonyl (C=O) groups excluding carboxylic acids is 1. The fourth-order valence-electron chi connectivity index (χ4n) is 3.07. The van der Waals surface area contributed by atoms with Crippen molar-refractivity contribution in [1.29, 1.82) is 5.26 Å². The lowest BCUT2D eigenvalue weighted by Crippen LogP contribution is -2.40. The van der Waals surface area contributed by atoms with Crippen LogP contribution in [0.2, 0.25) is 0 Å². The molecule has 0 radical (unpaired) electrons. The molecule has 0 unspecified atom stereocenters. The van der Waals surface area contributed by atoms with Crippen molar-refractivity contribution in [2.75, 3.05) is 18.0 Å². The second kappa shape index (κ2) is 6.63. The molecule has 0 aromatic carbocycles. The maximum absolute atomic E-state index is 12.5. The summed E-state index contributed by atoms with van der Waals surface area (Å²) in [6.45, 7) is 3.79. The quantitative estimate of drug-likeness (QED) is 0.840. The number of nitriles is 1. The average Bonchev–Trinajstić information content (AvgIpc) is 3.10. The van der Waals surface area contributed by atoms with Crippen LogP contribution in [0.25, 0.3) is 0 Å². The number of hydrogen-bond acceptors (Lipinski definition) is 5. The minimum absolute atomic E-state index is 0.0785. The first kappa shape index (κ1) is 16.5. The summed E-state index contributed by atoms with van der Waals surface area (Å²) in [4.78, 5) is 31.5. The largest absolute Gasteiger partial charge is 0.356 e. The second-order valence-corrected chi connectivity index (χ2v) is 6.64. The van der Waals surface area contributed by atoms with E-state index < -0.39 is 5.54 Å². The van der Waals surface area contributed by atoms with Gasteiger partial charge >= 0.3 is 0 Å². The summed E-state index contributed by atoms with van der Waals surface area (Å²) in [6, 6.07) is 3.65. The van der Waals surface area contributed by atoms with Crippen LogP contribution in [0.4, 0.5) is 5.82 Å². The second-order valence-electron chi connectivity index (χ2n) is 6.64. The van der Waals surface area contributed by atoms with Gasteiger partial charge in [0.25, 0.3) is 5.56 Å². The van der Waals surface area contributed by atoms with Crippen LogP contribution in [-0.2, 0) is 17.8 Å². The van der Waals surface area contributed by atoms with E-state index in [4.69, 9.17) is 5.26 Å². The third-order valence-corrected chi connectivity index (χ3v) is 4.62. The monoisotopic (exact) mass is 329 g/mol. The summed E-state index contributed by atoms with van der Waals surface area (Å²) in [5.74, 6) is 1.06. The Hall–Kier alpha value is -2.36. The summed E-state index contributed by atoms with van der Waals surface area (Å²) >= 11 is 0. The van der Waals surface area contributed by atoms with Crippen LogP contribution in [-0.4, -0.2) is 34.1 Å². The van der Waals surface area contributed by atoms with Crippen LogP contribution in [0.1, 0.15) is 44.9 Å². The average molecular weight is 329 g/mol. The van der Waals surface area contributed by atoms with E-state index in [9.17, 15) is 9.59 Å². The molecule has 7 heteroatoms. The molecule has 0 bridgehead atoms. The summed E-state index contributed by atoms with van der Waals surface area (Å²) in [6.07, 6.45) is 5.09. The minimum Gasteiger partial charge on any atom is -0.356 e. The molecule has 1 saturated carbocycles. The Balaban J connectivity index is 1.82. The highest BCUT2D eigenvalue weighted by Gasteiger charge is 2.44. The SMILES string of the molecule is CCCc1nc(N2CCCC2)cc(=O)n1CC(=O)NC1(C#N)CC1. The van der Waals surface area contributed by atoms with Gasteiger partial charge in [-0.1, -0.05) is 6.92 Å². The summed E-state index contributed by atoms with van der Waals surface area (Å²) in [5.41, 5.74) is -0.915. The van der Waals surface area contributed by atoms with Crippen molar-refractivity contribution in [1.82, 2.24) is 14.9 Å². The molecule has 3 rings (SSSR count). The van der Waals surface area contributed by atoms with Gasteiger partial charge in [0.1, 0.15) is 23.7 Å². The zero-order chi connectivity index (χ0) is 17.2. The molecule has 1 aliphatic heterocycles. The molecule has 1 aromatic heterocycles. The molecule has 1 aliphatic carbocycles. The molecular weight excluding hydrogens is 306 g/mol. The summed E-state index contributed by atoms with van der Waals surface area (Å²) < 4.78 is 1.44. The maximum Gasteiger partial charge on any atom is 0.256 e. The van der Waals surface area contributed by atoms with Crippen LogP contribution in [0, 0.1) is 11.3 Å². The third kappa shape index (κ3) is 3.42. The smallest absolute Gasteiger partial charge is 0.256 e. The number of carbonyl (C=O) groups is 1. The fraction of sp³-hybridized carbons (Fsp3) is 0.647. The van der Waals surface area contributed by atoms with Crippen molar-refractivity contribution in [2.24, 2.45) is 0 Å². The summed E-state index contributed by atoms with van der Waals surface area (Å²) in [5, 5.41) is 11.8. The molecular formula is C17H23N5O2. The van der Waals surface area contributed by atoms with E-state index in [1.165, 1.54) is 10.6 Å². The molecule has 2 fully saturated rings. The Morgan fingerprint density at radius 1 is 1.42 bits per heavy atom. The first-order chi connectivity index (χ1) is 11.6. The van der Waals surface area contributed by atoms with Gasteiger partial charge in [-0.2, -0.15) is 5.26 Å². The van der Waals surface area contributed by atoms with E-state index in [0.717, 1.165) is 32.4 Å². The first-order valence-corrected chi connectivity index (χ1v) is 8.65. The molecule has 128 valence electrons. The first-order valence-electron chi connectivity index (χ1n) is 8.65. The normalized spacial score (nSPS) is 18.2. The highest BCUT2D eigenvalue weighted by atomic mass is 16.2. The van der Waals surface area contributed by atoms with Gasteiger partial charge in [-0.25, -0.2) is 4.98 Å². The molecule has 24 heavy (non-hydrogen) atoms. The van der Waals surface area contributed by atoms with E-state index >= 15 is 0 Å². The van der Waals surface area contributed by atoms with Gasteiger partial charge in [-0.15, -0.1) is 0 Å². The van der Waals surface area contributed by atoms with Gasteiger partial charge in [0.2, 0.25) is 5.91 Å². The Morgan fingerprint density at radius 3 is 2.71 bits per heavy atom. The van der Waals surface area contributed by atoms with Gasteiger partial charge in [-0.3, -0.25) is 14.2 Å². The zero-order valence-corrected chi connectivity index (χ0v) is 14.0. The van der Waals surface area contributed by atoms with Crippen LogP contribution < -0.4 is 15.8 Å². The highest BCUT2D eigenvalue weighted by molar-refractivity contribution is 5.77. The number of aromatic nitrogens is 2. The van der Waals surface area contributed by atoms with Gasteiger partial charge in [0.05, 0.1) is 6.07 Å². The van der Waals surface area contributed by atoms with Gasteiger partial charge in [-0.05, 0) is 32.1 Å². The maximum atomic E-state index is 12.5. The zero-order valence-electron chi connectivity index (χ0n) is 14.0. The Morgan fingerprint density at radius 2 is 2.12 bits per heavy atom.